The van der Waals surface area contributed by atoms with E-state index in [1.807, 2.05) is 6.07 Å². The molecule has 5 rings (SSSR count). The summed E-state index contributed by atoms with van der Waals surface area (Å²) in [5.74, 6) is -0.293. The fourth-order valence-electron chi connectivity index (χ4n) is 3.96. The lowest BCUT2D eigenvalue weighted by atomic mass is 9.97. The number of carbonyl (C=O) groups is 1. The lowest BCUT2D eigenvalue weighted by Crippen LogP contribution is -2.63. The van der Waals surface area contributed by atoms with Gasteiger partial charge in [0, 0.05) is 17.1 Å². The number of fused-ring (bicyclic) bond motifs is 2. The smallest absolute Gasteiger partial charge is 0.335 e. The number of anilines is 2. The monoisotopic (exact) mass is 474 g/mol. The van der Waals surface area contributed by atoms with Gasteiger partial charge in [-0.05, 0) is 30.3 Å². The number of aliphatic hydroxyl groups is 3. The Morgan fingerprint density at radius 3 is 2.58 bits per heavy atom. The van der Waals surface area contributed by atoms with Crippen LogP contribution in [0.3, 0.4) is 0 Å². The van der Waals surface area contributed by atoms with E-state index < -0.39 is 36.6 Å². The predicted molar refractivity (Wildman–Crippen MR) is 116 cm³/mol. The van der Waals surface area contributed by atoms with E-state index >= 15 is 0 Å². The summed E-state index contributed by atoms with van der Waals surface area (Å²) in [5, 5.41) is 41.9. The van der Waals surface area contributed by atoms with Crippen molar-refractivity contribution in [2.45, 2.75) is 30.6 Å². The van der Waals surface area contributed by atoms with Crippen LogP contribution in [-0.2, 0) is 9.53 Å². The molecule has 1 fully saturated rings. The lowest BCUT2D eigenvalue weighted by Gasteiger charge is -2.44. The maximum atomic E-state index is 11.7. The number of aromatic nitrogens is 1. The first-order valence-corrected chi connectivity index (χ1v) is 10.4. The van der Waals surface area contributed by atoms with Gasteiger partial charge < -0.3 is 34.6 Å². The van der Waals surface area contributed by atoms with Gasteiger partial charge in [-0.1, -0.05) is 23.7 Å². The van der Waals surface area contributed by atoms with Crippen molar-refractivity contribution < 1.29 is 39.4 Å². The molecule has 0 saturated carbocycles. The van der Waals surface area contributed by atoms with E-state index in [1.165, 1.54) is 4.90 Å². The fraction of sp³-hybridized carbons (Fsp3) is 0.273. The number of para-hydroxylation sites is 1. The number of hydrogen-bond acceptors (Lipinski definition) is 9. The number of benzene rings is 2. The predicted octanol–water partition coefficient (Wildman–Crippen LogP) is 1.65. The molecule has 2 aliphatic heterocycles. The number of rotatable bonds is 4. The number of carboxylic acid groups (broad SMARTS) is 1. The highest BCUT2D eigenvalue weighted by Gasteiger charge is 2.49. The summed E-state index contributed by atoms with van der Waals surface area (Å²) in [6, 6.07) is 13.6. The minimum atomic E-state index is -1.83. The van der Waals surface area contributed by atoms with Gasteiger partial charge in [0.1, 0.15) is 24.1 Å². The van der Waals surface area contributed by atoms with Crippen LogP contribution in [0.1, 0.15) is 0 Å². The van der Waals surface area contributed by atoms with Crippen LogP contribution in [0.25, 0.3) is 10.9 Å². The van der Waals surface area contributed by atoms with Gasteiger partial charge in [0.25, 0.3) is 0 Å². The van der Waals surface area contributed by atoms with Crippen LogP contribution in [0.5, 0.6) is 11.5 Å². The number of ether oxygens (including phenoxy) is 3. The van der Waals surface area contributed by atoms with Gasteiger partial charge in [-0.15, -0.1) is 0 Å². The zero-order chi connectivity index (χ0) is 23.3. The molecule has 0 radical (unpaired) electrons. The normalized spacial score (nSPS) is 26.4. The van der Waals surface area contributed by atoms with Crippen molar-refractivity contribution in [3.63, 3.8) is 0 Å². The summed E-state index contributed by atoms with van der Waals surface area (Å²) >= 11 is 6.33. The highest BCUT2D eigenvalue weighted by Crippen LogP contribution is 2.40. The van der Waals surface area contributed by atoms with Crippen LogP contribution in [0, 0.1) is 0 Å². The quantitative estimate of drug-likeness (QED) is 0.441. The lowest BCUT2D eigenvalue weighted by molar-refractivity contribution is -0.225. The summed E-state index contributed by atoms with van der Waals surface area (Å²) < 4.78 is 16.4. The topological polar surface area (TPSA) is 142 Å². The van der Waals surface area contributed by atoms with E-state index in [2.05, 4.69) is 4.98 Å². The molecular formula is C22H19ClN2O8. The number of pyridine rings is 1. The highest BCUT2D eigenvalue weighted by molar-refractivity contribution is 6.35. The summed E-state index contributed by atoms with van der Waals surface area (Å²) in [6.45, 7) is 0.0389. The van der Waals surface area contributed by atoms with Gasteiger partial charge in [0.05, 0.1) is 10.5 Å². The first kappa shape index (κ1) is 21.7. The maximum absolute atomic E-state index is 11.7. The maximum Gasteiger partial charge on any atom is 0.335 e. The Morgan fingerprint density at radius 2 is 1.79 bits per heavy atom. The SMILES string of the molecule is O=C(O)C1OC(N(c2ccc3c(c2)OCO3)c2ccc3cccc(Cl)c3n2)C(O)C(O)C1O. The standard InChI is InChI=1S/C22H19ClN2O8/c23-12-3-1-2-10-4-7-15(24-16(10)12)25(11-5-6-13-14(8-11)32-9-31-13)21-19(28)17(26)18(27)20(33-21)22(29)30/h1-8,17-21,26-28H,9H2,(H,29,30). The van der Waals surface area contributed by atoms with Gasteiger partial charge >= 0.3 is 5.97 Å². The molecule has 0 amide bonds. The average Bonchev–Trinajstić information content (AvgIpc) is 3.27. The van der Waals surface area contributed by atoms with E-state index in [0.29, 0.717) is 27.7 Å². The number of halogens is 1. The second-order valence-electron chi connectivity index (χ2n) is 7.65. The minimum absolute atomic E-state index is 0.0389. The third-order valence-electron chi connectivity index (χ3n) is 5.62. The number of aliphatic carboxylic acids is 1. The third-order valence-corrected chi connectivity index (χ3v) is 5.93. The molecular weight excluding hydrogens is 456 g/mol. The van der Waals surface area contributed by atoms with E-state index in [4.69, 9.17) is 25.8 Å². The van der Waals surface area contributed by atoms with Crippen molar-refractivity contribution in [3.05, 3.63) is 53.6 Å². The largest absolute Gasteiger partial charge is 0.479 e. The molecule has 3 aromatic rings. The second-order valence-corrected chi connectivity index (χ2v) is 8.05. The van der Waals surface area contributed by atoms with E-state index in [1.54, 1.807) is 42.5 Å². The van der Waals surface area contributed by atoms with Crippen LogP contribution in [0.4, 0.5) is 11.5 Å². The molecule has 0 spiro atoms. The molecule has 0 bridgehead atoms. The van der Waals surface area contributed by atoms with Crippen molar-refractivity contribution in [1.29, 1.82) is 0 Å². The Hall–Kier alpha value is -3.15. The molecule has 5 atom stereocenters. The molecule has 11 heteroatoms. The highest BCUT2D eigenvalue weighted by atomic mass is 35.5. The molecule has 0 aliphatic carbocycles. The van der Waals surface area contributed by atoms with Gasteiger partial charge in [-0.25, -0.2) is 9.78 Å². The Kier molecular flexibility index (Phi) is 5.47. The van der Waals surface area contributed by atoms with Crippen LogP contribution >= 0.6 is 11.6 Å². The van der Waals surface area contributed by atoms with Crippen LogP contribution in [0.2, 0.25) is 5.02 Å². The van der Waals surface area contributed by atoms with E-state index in [0.717, 1.165) is 5.39 Å². The first-order chi connectivity index (χ1) is 15.8. The molecule has 172 valence electrons. The third kappa shape index (κ3) is 3.71. The molecule has 10 nitrogen and oxygen atoms in total. The van der Waals surface area contributed by atoms with Gasteiger partial charge in [-0.3, -0.25) is 4.90 Å². The summed E-state index contributed by atoms with van der Waals surface area (Å²) in [5.41, 5.74) is 0.887. The summed E-state index contributed by atoms with van der Waals surface area (Å²) in [6.07, 6.45) is -8.49. The first-order valence-electron chi connectivity index (χ1n) is 10.0. The fourth-order valence-corrected chi connectivity index (χ4v) is 4.18. The zero-order valence-electron chi connectivity index (χ0n) is 16.9. The molecule has 5 unspecified atom stereocenters. The molecule has 1 saturated heterocycles. The number of hydrogen-bond donors (Lipinski definition) is 4. The number of aliphatic hydroxyl groups excluding tert-OH is 3. The molecule has 1 aromatic heterocycles. The van der Waals surface area contributed by atoms with Gasteiger partial charge in [0.15, 0.2) is 23.8 Å². The van der Waals surface area contributed by atoms with Gasteiger partial charge in [-0.2, -0.15) is 0 Å². The van der Waals surface area contributed by atoms with Crippen molar-refractivity contribution >= 4 is 40.0 Å². The molecule has 33 heavy (non-hydrogen) atoms. The zero-order valence-corrected chi connectivity index (χ0v) is 17.7. The molecule has 2 aliphatic rings. The van der Waals surface area contributed by atoms with Crippen molar-refractivity contribution in [1.82, 2.24) is 4.98 Å². The van der Waals surface area contributed by atoms with Crippen molar-refractivity contribution in [2.75, 3.05) is 11.7 Å². The average molecular weight is 475 g/mol. The second kappa shape index (κ2) is 8.32. The van der Waals surface area contributed by atoms with Crippen molar-refractivity contribution in [3.8, 4) is 11.5 Å². The molecule has 2 aromatic carbocycles. The number of carboxylic acids is 1. The minimum Gasteiger partial charge on any atom is -0.479 e. The summed E-state index contributed by atoms with van der Waals surface area (Å²) in [7, 11) is 0. The van der Waals surface area contributed by atoms with Crippen molar-refractivity contribution in [2.24, 2.45) is 0 Å². The summed E-state index contributed by atoms with van der Waals surface area (Å²) in [4.78, 5) is 17.7. The van der Waals surface area contributed by atoms with E-state index in [9.17, 15) is 25.2 Å². The van der Waals surface area contributed by atoms with Gasteiger partial charge in [0.2, 0.25) is 6.79 Å². The van der Waals surface area contributed by atoms with E-state index in [-0.39, 0.29) is 12.6 Å². The number of nitrogens with zero attached hydrogens (tertiary/aromatic N) is 2. The Labute approximate surface area is 192 Å². The van der Waals surface area contributed by atoms with Crippen LogP contribution in [-0.4, -0.2) is 68.8 Å². The Balaban J connectivity index is 1.66. The Bertz CT molecular complexity index is 1220. The van der Waals surface area contributed by atoms with Crippen LogP contribution < -0.4 is 14.4 Å². The van der Waals surface area contributed by atoms with Crippen LogP contribution in [0.15, 0.2) is 48.5 Å². The molecule has 4 N–H and O–H groups in total. The Morgan fingerprint density at radius 1 is 1.00 bits per heavy atom. The molecule has 3 heterocycles.